The van der Waals surface area contributed by atoms with Crippen LogP contribution >= 0.6 is 0 Å². The van der Waals surface area contributed by atoms with E-state index in [2.05, 4.69) is 45.3 Å². The molecule has 0 aliphatic carbocycles. The van der Waals surface area contributed by atoms with Crippen LogP contribution in [-0.4, -0.2) is 15.0 Å². The second-order valence-electron chi connectivity index (χ2n) is 4.66. The van der Waals surface area contributed by atoms with E-state index in [1.165, 1.54) is 10.8 Å². The molecule has 0 saturated carbocycles. The lowest BCUT2D eigenvalue weighted by molar-refractivity contribution is 1.20. The van der Waals surface area contributed by atoms with E-state index in [4.69, 9.17) is 0 Å². The molecule has 0 fully saturated rings. The summed E-state index contributed by atoms with van der Waals surface area (Å²) >= 11 is 0. The van der Waals surface area contributed by atoms with Crippen molar-refractivity contribution in [1.82, 2.24) is 15.0 Å². The average molecular weight is 257 g/mol. The fourth-order valence-electron chi connectivity index (χ4n) is 2.44. The summed E-state index contributed by atoms with van der Waals surface area (Å²) in [6.07, 6.45) is 3.37. The predicted octanol–water partition coefficient (Wildman–Crippen LogP) is 3.85. The molecule has 0 amide bonds. The van der Waals surface area contributed by atoms with Gasteiger partial charge >= 0.3 is 0 Å². The second kappa shape index (κ2) is 4.38. The van der Waals surface area contributed by atoms with Crippen molar-refractivity contribution in [2.75, 3.05) is 0 Å². The topological polar surface area (TPSA) is 38.7 Å². The minimum absolute atomic E-state index is 0.838. The fourth-order valence-corrected chi connectivity index (χ4v) is 2.44. The Hall–Kier alpha value is -2.81. The number of pyridine rings is 1. The third-order valence-electron chi connectivity index (χ3n) is 3.42. The molecular weight excluding hydrogens is 246 g/mol. The SMILES string of the molecule is c1ccc2cc(-c3ncnc4cccnc34)ccc2c1. The Labute approximate surface area is 116 Å². The summed E-state index contributed by atoms with van der Waals surface area (Å²) in [5, 5.41) is 2.43. The maximum absolute atomic E-state index is 4.41. The number of rotatable bonds is 1. The Kier molecular flexibility index (Phi) is 2.42. The van der Waals surface area contributed by atoms with E-state index in [0.717, 1.165) is 22.3 Å². The van der Waals surface area contributed by atoms with Crippen molar-refractivity contribution in [3.8, 4) is 11.3 Å². The van der Waals surface area contributed by atoms with E-state index in [0.29, 0.717) is 0 Å². The molecule has 94 valence electrons. The fraction of sp³-hybridized carbons (Fsp3) is 0. The van der Waals surface area contributed by atoms with Crippen molar-refractivity contribution in [3.63, 3.8) is 0 Å². The van der Waals surface area contributed by atoms with Gasteiger partial charge in [0.25, 0.3) is 0 Å². The number of hydrogen-bond acceptors (Lipinski definition) is 3. The van der Waals surface area contributed by atoms with Crippen molar-refractivity contribution >= 4 is 21.8 Å². The summed E-state index contributed by atoms with van der Waals surface area (Å²) in [6, 6.07) is 18.5. The van der Waals surface area contributed by atoms with Crippen molar-refractivity contribution in [3.05, 3.63) is 67.1 Å². The molecule has 0 saturated heterocycles. The summed E-state index contributed by atoms with van der Waals surface area (Å²) in [4.78, 5) is 13.1. The summed E-state index contributed by atoms with van der Waals surface area (Å²) in [5.74, 6) is 0. The minimum Gasteiger partial charge on any atom is -0.252 e. The minimum atomic E-state index is 0.838. The second-order valence-corrected chi connectivity index (χ2v) is 4.66. The van der Waals surface area contributed by atoms with E-state index in [1.54, 1.807) is 12.5 Å². The molecule has 0 atom stereocenters. The van der Waals surface area contributed by atoms with Gasteiger partial charge in [-0.1, -0.05) is 36.4 Å². The Morgan fingerprint density at radius 2 is 1.60 bits per heavy atom. The van der Waals surface area contributed by atoms with Gasteiger partial charge in [0.2, 0.25) is 0 Å². The predicted molar refractivity (Wildman–Crippen MR) is 80.3 cm³/mol. The van der Waals surface area contributed by atoms with Crippen molar-refractivity contribution in [2.45, 2.75) is 0 Å². The highest BCUT2D eigenvalue weighted by molar-refractivity contribution is 5.93. The van der Waals surface area contributed by atoms with Gasteiger partial charge < -0.3 is 0 Å². The van der Waals surface area contributed by atoms with E-state index < -0.39 is 0 Å². The van der Waals surface area contributed by atoms with Gasteiger partial charge in [0.1, 0.15) is 11.8 Å². The maximum Gasteiger partial charge on any atom is 0.116 e. The van der Waals surface area contributed by atoms with E-state index in [1.807, 2.05) is 24.3 Å². The van der Waals surface area contributed by atoms with Crippen LogP contribution in [0.5, 0.6) is 0 Å². The number of hydrogen-bond donors (Lipinski definition) is 0. The van der Waals surface area contributed by atoms with Gasteiger partial charge in [-0.2, -0.15) is 0 Å². The molecule has 20 heavy (non-hydrogen) atoms. The van der Waals surface area contributed by atoms with Gasteiger partial charge in [-0.05, 0) is 29.0 Å². The van der Waals surface area contributed by atoms with Gasteiger partial charge in [-0.3, -0.25) is 4.98 Å². The lowest BCUT2D eigenvalue weighted by Gasteiger charge is -2.05. The lowest BCUT2D eigenvalue weighted by atomic mass is 10.0. The molecule has 3 nitrogen and oxygen atoms in total. The third-order valence-corrected chi connectivity index (χ3v) is 3.42. The molecule has 4 aromatic rings. The molecule has 4 rings (SSSR count). The van der Waals surface area contributed by atoms with Gasteiger partial charge in [-0.15, -0.1) is 0 Å². The third kappa shape index (κ3) is 1.72. The lowest BCUT2D eigenvalue weighted by Crippen LogP contribution is -1.91. The molecule has 0 radical (unpaired) electrons. The zero-order chi connectivity index (χ0) is 13.4. The first-order valence-electron chi connectivity index (χ1n) is 6.47. The highest BCUT2D eigenvalue weighted by Gasteiger charge is 2.07. The van der Waals surface area contributed by atoms with Crippen LogP contribution in [0.1, 0.15) is 0 Å². The number of aromatic nitrogens is 3. The highest BCUT2D eigenvalue weighted by atomic mass is 14.9. The van der Waals surface area contributed by atoms with Crippen molar-refractivity contribution in [2.24, 2.45) is 0 Å². The first-order valence-corrected chi connectivity index (χ1v) is 6.47. The number of benzene rings is 2. The Morgan fingerprint density at radius 1 is 0.700 bits per heavy atom. The number of fused-ring (bicyclic) bond motifs is 2. The normalized spacial score (nSPS) is 11.0. The zero-order valence-electron chi connectivity index (χ0n) is 10.7. The summed E-state index contributed by atoms with van der Waals surface area (Å²) in [5.41, 5.74) is 3.65. The Morgan fingerprint density at radius 3 is 2.55 bits per heavy atom. The summed E-state index contributed by atoms with van der Waals surface area (Å²) in [7, 11) is 0. The van der Waals surface area contributed by atoms with Gasteiger partial charge in [0.15, 0.2) is 0 Å². The van der Waals surface area contributed by atoms with E-state index in [9.17, 15) is 0 Å². The summed E-state index contributed by atoms with van der Waals surface area (Å²) in [6.45, 7) is 0. The van der Waals surface area contributed by atoms with Crippen LogP contribution in [0.25, 0.3) is 33.1 Å². The molecule has 2 aromatic heterocycles. The van der Waals surface area contributed by atoms with Gasteiger partial charge in [0, 0.05) is 11.8 Å². The van der Waals surface area contributed by atoms with Crippen molar-refractivity contribution < 1.29 is 0 Å². The summed E-state index contributed by atoms with van der Waals surface area (Å²) < 4.78 is 0. The van der Waals surface area contributed by atoms with Crippen LogP contribution in [-0.2, 0) is 0 Å². The molecule has 0 unspecified atom stereocenters. The van der Waals surface area contributed by atoms with Crippen LogP contribution in [0.15, 0.2) is 67.1 Å². The molecule has 2 heterocycles. The molecule has 2 aromatic carbocycles. The van der Waals surface area contributed by atoms with Crippen LogP contribution in [0, 0.1) is 0 Å². The Balaban J connectivity index is 2.01. The van der Waals surface area contributed by atoms with E-state index >= 15 is 0 Å². The first kappa shape index (κ1) is 11.1. The molecule has 0 aliphatic heterocycles. The standard InChI is InChI=1S/C17H11N3/c1-2-5-13-10-14(8-7-12(13)4-1)16-17-15(19-11-20-16)6-3-9-18-17/h1-11H. The molecule has 3 heteroatoms. The van der Waals surface area contributed by atoms with Crippen molar-refractivity contribution in [1.29, 1.82) is 0 Å². The molecule has 0 bridgehead atoms. The highest BCUT2D eigenvalue weighted by Crippen LogP contribution is 2.26. The molecule has 0 N–H and O–H groups in total. The average Bonchev–Trinajstić information content (AvgIpc) is 2.54. The van der Waals surface area contributed by atoms with Gasteiger partial charge in [0.05, 0.1) is 11.2 Å². The maximum atomic E-state index is 4.41. The smallest absolute Gasteiger partial charge is 0.116 e. The van der Waals surface area contributed by atoms with Gasteiger partial charge in [-0.25, -0.2) is 9.97 Å². The molecular formula is C17H11N3. The molecule has 0 spiro atoms. The molecule has 0 aliphatic rings. The van der Waals surface area contributed by atoms with Crippen LogP contribution < -0.4 is 0 Å². The first-order chi connectivity index (χ1) is 9.92. The van der Waals surface area contributed by atoms with Crippen LogP contribution in [0.2, 0.25) is 0 Å². The van der Waals surface area contributed by atoms with Crippen LogP contribution in [0.4, 0.5) is 0 Å². The quantitative estimate of drug-likeness (QED) is 0.520. The largest absolute Gasteiger partial charge is 0.252 e. The monoisotopic (exact) mass is 257 g/mol. The zero-order valence-corrected chi connectivity index (χ0v) is 10.7. The van der Waals surface area contributed by atoms with E-state index in [-0.39, 0.29) is 0 Å². The Bertz CT molecular complexity index is 910. The van der Waals surface area contributed by atoms with Crippen LogP contribution in [0.3, 0.4) is 0 Å². The number of nitrogens with zero attached hydrogens (tertiary/aromatic N) is 3.